The van der Waals surface area contributed by atoms with Gasteiger partial charge in [0.2, 0.25) is 0 Å². The summed E-state index contributed by atoms with van der Waals surface area (Å²) in [7, 11) is 1.44. The number of benzene rings is 1. The molecular weight excluding hydrogens is 204 g/mol. The molecule has 0 saturated carbocycles. The topological polar surface area (TPSA) is 30.5 Å². The second-order valence-electron chi connectivity index (χ2n) is 3.25. The first-order valence-electron chi connectivity index (χ1n) is 4.62. The molecule has 0 bridgehead atoms. The van der Waals surface area contributed by atoms with E-state index in [4.69, 9.17) is 4.74 Å². The summed E-state index contributed by atoms with van der Waals surface area (Å²) in [5.41, 5.74) is 3.54. The molecule has 1 aliphatic rings. The Morgan fingerprint density at radius 1 is 1.47 bits per heavy atom. The molecule has 0 aliphatic carbocycles. The third-order valence-electron chi connectivity index (χ3n) is 2.39. The minimum atomic E-state index is -0.638. The van der Waals surface area contributed by atoms with E-state index >= 15 is 0 Å². The van der Waals surface area contributed by atoms with Crippen molar-refractivity contribution >= 4 is 0 Å². The largest absolute Gasteiger partial charge is 0.490 e. The normalized spacial score (nSPS) is 13.8. The number of fused-ring (bicyclic) bond motifs is 1. The molecule has 0 amide bonds. The molecule has 0 saturated heterocycles. The van der Waals surface area contributed by atoms with Crippen LogP contribution in [0.5, 0.6) is 5.75 Å². The highest BCUT2D eigenvalue weighted by molar-refractivity contribution is 5.44. The fourth-order valence-electron chi connectivity index (χ4n) is 1.70. The van der Waals surface area contributed by atoms with E-state index in [1.54, 1.807) is 0 Å². The van der Waals surface area contributed by atoms with Crippen LogP contribution >= 0.6 is 0 Å². The Labute approximate surface area is 85.9 Å². The second-order valence-corrected chi connectivity index (χ2v) is 3.25. The predicted octanol–water partition coefficient (Wildman–Crippen LogP) is 1.55. The van der Waals surface area contributed by atoms with E-state index < -0.39 is 11.6 Å². The lowest BCUT2D eigenvalue weighted by atomic mass is 10.0. The molecule has 1 heterocycles. The van der Waals surface area contributed by atoms with Crippen LogP contribution in [0.1, 0.15) is 11.1 Å². The summed E-state index contributed by atoms with van der Waals surface area (Å²) in [6.07, 6.45) is 0.532. The molecule has 15 heavy (non-hydrogen) atoms. The van der Waals surface area contributed by atoms with Crippen molar-refractivity contribution in [2.75, 3.05) is 13.7 Å². The summed E-state index contributed by atoms with van der Waals surface area (Å²) in [5.74, 6) is -1.04. The summed E-state index contributed by atoms with van der Waals surface area (Å²) in [4.78, 5) is 4.64. The van der Waals surface area contributed by atoms with Gasteiger partial charge < -0.3 is 9.57 Å². The lowest BCUT2D eigenvalue weighted by Gasteiger charge is -2.09. The zero-order valence-corrected chi connectivity index (χ0v) is 8.27. The third kappa shape index (κ3) is 1.80. The fourth-order valence-corrected chi connectivity index (χ4v) is 1.70. The molecule has 5 heteroatoms. The SMILES string of the molecule is CONCc1c(F)cc(F)c2c1CCO2. The fraction of sp³-hybridized carbons (Fsp3) is 0.400. The summed E-state index contributed by atoms with van der Waals surface area (Å²) in [6, 6.07) is 0.844. The van der Waals surface area contributed by atoms with Gasteiger partial charge in [-0.3, -0.25) is 0 Å². The van der Waals surface area contributed by atoms with Crippen molar-refractivity contribution in [3.05, 3.63) is 28.8 Å². The van der Waals surface area contributed by atoms with E-state index in [-0.39, 0.29) is 12.3 Å². The van der Waals surface area contributed by atoms with E-state index in [0.29, 0.717) is 24.2 Å². The van der Waals surface area contributed by atoms with E-state index in [0.717, 1.165) is 6.07 Å². The van der Waals surface area contributed by atoms with Crippen LogP contribution in [-0.4, -0.2) is 13.7 Å². The molecule has 0 unspecified atom stereocenters. The molecule has 0 atom stereocenters. The van der Waals surface area contributed by atoms with Gasteiger partial charge in [-0.1, -0.05) is 0 Å². The summed E-state index contributed by atoms with van der Waals surface area (Å²) in [6.45, 7) is 0.601. The first kappa shape index (κ1) is 10.3. The van der Waals surface area contributed by atoms with Crippen molar-refractivity contribution in [2.24, 2.45) is 0 Å². The molecule has 0 fully saturated rings. The van der Waals surface area contributed by atoms with Gasteiger partial charge in [-0.15, -0.1) is 0 Å². The van der Waals surface area contributed by atoms with Gasteiger partial charge in [0.15, 0.2) is 11.6 Å². The molecule has 0 aromatic heterocycles. The molecule has 1 aliphatic heterocycles. The predicted molar refractivity (Wildman–Crippen MR) is 49.4 cm³/mol. The Morgan fingerprint density at radius 3 is 3.00 bits per heavy atom. The highest BCUT2D eigenvalue weighted by Gasteiger charge is 2.23. The van der Waals surface area contributed by atoms with E-state index in [2.05, 4.69) is 10.3 Å². The monoisotopic (exact) mass is 215 g/mol. The van der Waals surface area contributed by atoms with Crippen molar-refractivity contribution in [2.45, 2.75) is 13.0 Å². The Hall–Kier alpha value is -1.20. The molecule has 2 rings (SSSR count). The van der Waals surface area contributed by atoms with Crippen LogP contribution in [0.15, 0.2) is 6.07 Å². The Bertz CT molecular complexity index is 382. The van der Waals surface area contributed by atoms with Crippen LogP contribution in [0.25, 0.3) is 0 Å². The van der Waals surface area contributed by atoms with Crippen molar-refractivity contribution in [1.29, 1.82) is 0 Å². The van der Waals surface area contributed by atoms with Gasteiger partial charge in [-0.2, -0.15) is 5.48 Å². The average Bonchev–Trinajstić information content (AvgIpc) is 2.66. The maximum atomic E-state index is 13.4. The minimum Gasteiger partial charge on any atom is -0.490 e. The van der Waals surface area contributed by atoms with E-state index in [1.165, 1.54) is 7.11 Å². The van der Waals surface area contributed by atoms with Gasteiger partial charge in [0, 0.05) is 30.2 Å². The van der Waals surface area contributed by atoms with Gasteiger partial charge in [0.05, 0.1) is 13.7 Å². The van der Waals surface area contributed by atoms with Crippen LogP contribution in [0.2, 0.25) is 0 Å². The Balaban J connectivity index is 2.40. The number of ether oxygens (including phenoxy) is 1. The first-order valence-corrected chi connectivity index (χ1v) is 4.62. The van der Waals surface area contributed by atoms with Gasteiger partial charge in [-0.05, 0) is 0 Å². The third-order valence-corrected chi connectivity index (χ3v) is 2.39. The van der Waals surface area contributed by atoms with Gasteiger partial charge in [-0.25, -0.2) is 8.78 Å². The van der Waals surface area contributed by atoms with Gasteiger partial charge in [0.1, 0.15) is 5.82 Å². The molecule has 3 nitrogen and oxygen atoms in total. The highest BCUT2D eigenvalue weighted by Crippen LogP contribution is 2.33. The van der Waals surface area contributed by atoms with Crippen LogP contribution in [0, 0.1) is 11.6 Å². The molecule has 0 radical (unpaired) electrons. The smallest absolute Gasteiger partial charge is 0.168 e. The zero-order chi connectivity index (χ0) is 10.8. The Morgan fingerprint density at radius 2 is 2.27 bits per heavy atom. The molecule has 0 spiro atoms. The number of hydroxylamine groups is 1. The number of hydrogen-bond acceptors (Lipinski definition) is 3. The van der Waals surface area contributed by atoms with E-state index in [9.17, 15) is 8.78 Å². The summed E-state index contributed by atoms with van der Waals surface area (Å²) in [5, 5.41) is 0. The van der Waals surface area contributed by atoms with Crippen LogP contribution in [0.4, 0.5) is 8.78 Å². The summed E-state index contributed by atoms with van der Waals surface area (Å²) < 4.78 is 31.8. The molecule has 1 aromatic rings. The molecular formula is C10H11F2NO2. The van der Waals surface area contributed by atoms with Crippen LogP contribution in [0.3, 0.4) is 0 Å². The minimum absolute atomic E-state index is 0.171. The number of rotatable bonds is 3. The first-order chi connectivity index (χ1) is 7.24. The van der Waals surface area contributed by atoms with E-state index in [1.807, 2.05) is 0 Å². The second kappa shape index (κ2) is 4.12. The standard InChI is InChI=1S/C10H11F2NO2/c1-14-13-5-7-6-2-3-15-10(6)9(12)4-8(7)11/h4,13H,2-3,5H2,1H3. The maximum Gasteiger partial charge on any atom is 0.168 e. The van der Waals surface area contributed by atoms with Crippen molar-refractivity contribution in [1.82, 2.24) is 5.48 Å². The Kier molecular flexibility index (Phi) is 2.83. The summed E-state index contributed by atoms with van der Waals surface area (Å²) >= 11 is 0. The lowest BCUT2D eigenvalue weighted by molar-refractivity contribution is 0.0857. The molecule has 82 valence electrons. The molecule has 1 aromatic carbocycles. The maximum absolute atomic E-state index is 13.4. The number of halogens is 2. The van der Waals surface area contributed by atoms with Gasteiger partial charge in [0.25, 0.3) is 0 Å². The van der Waals surface area contributed by atoms with Crippen molar-refractivity contribution < 1.29 is 18.4 Å². The van der Waals surface area contributed by atoms with Crippen molar-refractivity contribution in [3.63, 3.8) is 0 Å². The average molecular weight is 215 g/mol. The molecule has 1 N–H and O–H groups in total. The van der Waals surface area contributed by atoms with Crippen LogP contribution < -0.4 is 10.2 Å². The van der Waals surface area contributed by atoms with Crippen LogP contribution in [-0.2, 0) is 17.8 Å². The lowest BCUT2D eigenvalue weighted by Crippen LogP contribution is -2.14. The zero-order valence-electron chi connectivity index (χ0n) is 8.27. The van der Waals surface area contributed by atoms with Crippen molar-refractivity contribution in [3.8, 4) is 5.75 Å². The highest BCUT2D eigenvalue weighted by atomic mass is 19.1. The number of nitrogens with one attached hydrogen (secondary N) is 1. The number of hydrogen-bond donors (Lipinski definition) is 1. The van der Waals surface area contributed by atoms with Gasteiger partial charge >= 0.3 is 0 Å². The quantitative estimate of drug-likeness (QED) is 0.776.